The minimum atomic E-state index is -0.402. The number of benzene rings is 3. The van der Waals surface area contributed by atoms with Gasteiger partial charge in [0, 0.05) is 75.1 Å². The molecule has 4 rings (SSSR count). The molecule has 0 unspecified atom stereocenters. The van der Waals surface area contributed by atoms with Gasteiger partial charge >= 0.3 is 6.03 Å². The van der Waals surface area contributed by atoms with Crippen molar-refractivity contribution in [3.63, 3.8) is 0 Å². The van der Waals surface area contributed by atoms with Crippen LogP contribution in [0.5, 0.6) is 0 Å². The Morgan fingerprint density at radius 3 is 2.29 bits per heavy atom. The zero-order chi connectivity index (χ0) is 26.7. The van der Waals surface area contributed by atoms with E-state index in [-0.39, 0.29) is 5.91 Å². The van der Waals surface area contributed by atoms with Crippen LogP contribution < -0.4 is 20.9 Å². The minimum Gasteiger partial charge on any atom is -0.385 e. The van der Waals surface area contributed by atoms with E-state index >= 15 is 0 Å². The van der Waals surface area contributed by atoms with Gasteiger partial charge in [-0.3, -0.25) is 9.69 Å². The molecule has 0 atom stereocenters. The van der Waals surface area contributed by atoms with Gasteiger partial charge in [0.1, 0.15) is 0 Å². The predicted molar refractivity (Wildman–Crippen MR) is 153 cm³/mol. The van der Waals surface area contributed by atoms with Gasteiger partial charge in [0.2, 0.25) is 0 Å². The van der Waals surface area contributed by atoms with Crippen LogP contribution in [0.2, 0.25) is 5.02 Å². The lowest BCUT2D eigenvalue weighted by Crippen LogP contribution is -2.46. The molecule has 3 amide bonds. The number of nitrogens with one attached hydrogen (secondary N) is 3. The van der Waals surface area contributed by atoms with Crippen molar-refractivity contribution in [1.82, 2.24) is 10.2 Å². The SMILES string of the molecule is COCCCNC(=O)c1cc(NC(=O)Nc2ccc(Cl)cc2)ccc1N1CCN(Cc2ccccc2)CC1. The molecule has 0 bridgehead atoms. The molecular weight excluding hydrogens is 502 g/mol. The molecule has 0 radical (unpaired) electrons. The molecule has 3 aromatic carbocycles. The largest absolute Gasteiger partial charge is 0.385 e. The van der Waals surface area contributed by atoms with E-state index in [4.69, 9.17) is 16.3 Å². The molecule has 1 heterocycles. The molecule has 0 saturated carbocycles. The van der Waals surface area contributed by atoms with Crippen LogP contribution in [0.25, 0.3) is 0 Å². The van der Waals surface area contributed by atoms with Crippen molar-refractivity contribution in [2.45, 2.75) is 13.0 Å². The average molecular weight is 536 g/mol. The molecule has 3 N–H and O–H groups in total. The van der Waals surface area contributed by atoms with E-state index in [0.29, 0.717) is 35.1 Å². The molecule has 0 spiro atoms. The second-order valence-corrected chi connectivity index (χ2v) is 9.61. The number of hydrogen-bond acceptors (Lipinski definition) is 5. The van der Waals surface area contributed by atoms with Crippen LogP contribution in [0.1, 0.15) is 22.3 Å². The number of methoxy groups -OCH3 is 1. The van der Waals surface area contributed by atoms with Gasteiger partial charge in [-0.2, -0.15) is 0 Å². The van der Waals surface area contributed by atoms with Gasteiger partial charge in [-0.1, -0.05) is 41.9 Å². The van der Waals surface area contributed by atoms with Crippen molar-refractivity contribution >= 4 is 40.6 Å². The van der Waals surface area contributed by atoms with E-state index in [1.807, 2.05) is 18.2 Å². The maximum absolute atomic E-state index is 13.2. The highest BCUT2D eigenvalue weighted by Crippen LogP contribution is 2.26. The number of carbonyl (C=O) groups is 2. The molecule has 8 nitrogen and oxygen atoms in total. The highest BCUT2D eigenvalue weighted by atomic mass is 35.5. The zero-order valence-corrected chi connectivity index (χ0v) is 22.3. The summed E-state index contributed by atoms with van der Waals surface area (Å²) in [6.07, 6.45) is 0.719. The Kier molecular flexibility index (Phi) is 9.97. The zero-order valence-electron chi connectivity index (χ0n) is 21.6. The van der Waals surface area contributed by atoms with E-state index < -0.39 is 6.03 Å². The molecule has 3 aromatic rings. The summed E-state index contributed by atoms with van der Waals surface area (Å²) in [5, 5.41) is 9.18. The molecule has 1 aliphatic rings. The Balaban J connectivity index is 1.44. The number of ether oxygens (including phenoxy) is 1. The number of nitrogens with zero attached hydrogens (tertiary/aromatic N) is 2. The smallest absolute Gasteiger partial charge is 0.323 e. The Morgan fingerprint density at radius 1 is 0.895 bits per heavy atom. The third-order valence-corrected chi connectivity index (χ3v) is 6.63. The van der Waals surface area contributed by atoms with Gasteiger partial charge < -0.3 is 25.6 Å². The Bertz CT molecular complexity index is 1200. The minimum absolute atomic E-state index is 0.176. The number of urea groups is 1. The standard InChI is InChI=1S/C29H34ClN5O3/c1-38-19-5-14-31-28(36)26-20-25(33-29(37)32-24-10-8-23(30)9-11-24)12-13-27(26)35-17-15-34(16-18-35)21-22-6-3-2-4-7-22/h2-4,6-13,20H,5,14-19,21H2,1H3,(H,31,36)(H2,32,33,37). The molecular formula is C29H34ClN5O3. The molecule has 9 heteroatoms. The summed E-state index contributed by atoms with van der Waals surface area (Å²) in [6.45, 7) is 5.39. The highest BCUT2D eigenvalue weighted by Gasteiger charge is 2.22. The van der Waals surface area contributed by atoms with Crippen LogP contribution in [0.3, 0.4) is 0 Å². The number of amides is 3. The molecule has 1 saturated heterocycles. The van der Waals surface area contributed by atoms with Crippen LogP contribution in [-0.4, -0.2) is 63.3 Å². The highest BCUT2D eigenvalue weighted by molar-refractivity contribution is 6.30. The number of halogens is 1. The summed E-state index contributed by atoms with van der Waals surface area (Å²) >= 11 is 5.92. The predicted octanol–water partition coefficient (Wildman–Crippen LogP) is 5.07. The van der Waals surface area contributed by atoms with Gasteiger partial charge in [-0.05, 0) is 54.4 Å². The molecule has 38 heavy (non-hydrogen) atoms. The summed E-state index contributed by atoms with van der Waals surface area (Å²) in [6, 6.07) is 22.4. The fraction of sp³-hybridized carbons (Fsp3) is 0.310. The summed E-state index contributed by atoms with van der Waals surface area (Å²) in [5.41, 5.74) is 3.84. The quantitative estimate of drug-likeness (QED) is 0.315. The van der Waals surface area contributed by atoms with E-state index in [9.17, 15) is 9.59 Å². The number of hydrogen-bond donors (Lipinski definition) is 3. The lowest BCUT2D eigenvalue weighted by atomic mass is 10.1. The second-order valence-electron chi connectivity index (χ2n) is 9.17. The van der Waals surface area contributed by atoms with Gasteiger partial charge in [0.05, 0.1) is 5.56 Å². The topological polar surface area (TPSA) is 85.9 Å². The second kappa shape index (κ2) is 13.8. The summed E-state index contributed by atoms with van der Waals surface area (Å²) < 4.78 is 5.09. The van der Waals surface area contributed by atoms with Crippen LogP contribution >= 0.6 is 11.6 Å². The third-order valence-electron chi connectivity index (χ3n) is 6.37. The van der Waals surface area contributed by atoms with Gasteiger partial charge in [-0.25, -0.2) is 4.79 Å². The summed E-state index contributed by atoms with van der Waals surface area (Å²) in [7, 11) is 1.64. The Hall–Kier alpha value is -3.59. The number of anilines is 3. The van der Waals surface area contributed by atoms with E-state index in [2.05, 4.69) is 50.0 Å². The normalized spacial score (nSPS) is 13.7. The Labute approximate surface area is 228 Å². The maximum atomic E-state index is 13.2. The number of carbonyl (C=O) groups excluding carboxylic acids is 2. The van der Waals surface area contributed by atoms with Gasteiger partial charge in [0.25, 0.3) is 5.91 Å². The first-order valence-electron chi connectivity index (χ1n) is 12.8. The van der Waals surface area contributed by atoms with Crippen LogP contribution in [0.15, 0.2) is 72.8 Å². The van der Waals surface area contributed by atoms with Crippen LogP contribution in [0, 0.1) is 0 Å². The summed E-state index contributed by atoms with van der Waals surface area (Å²) in [4.78, 5) is 30.5. The number of piperazine rings is 1. The molecule has 1 aliphatic heterocycles. The first kappa shape index (κ1) is 27.4. The van der Waals surface area contributed by atoms with Gasteiger partial charge in [-0.15, -0.1) is 0 Å². The summed E-state index contributed by atoms with van der Waals surface area (Å²) in [5.74, 6) is -0.176. The molecule has 1 fully saturated rings. The van der Waals surface area contributed by atoms with Crippen molar-refractivity contribution in [2.75, 3.05) is 62.0 Å². The van der Waals surface area contributed by atoms with Gasteiger partial charge in [0.15, 0.2) is 0 Å². The average Bonchev–Trinajstić information content (AvgIpc) is 2.93. The van der Waals surface area contributed by atoms with E-state index in [1.54, 1.807) is 37.4 Å². The van der Waals surface area contributed by atoms with Crippen LogP contribution in [0.4, 0.5) is 21.9 Å². The van der Waals surface area contributed by atoms with E-state index in [1.165, 1.54) is 5.56 Å². The third kappa shape index (κ3) is 7.95. The fourth-order valence-electron chi connectivity index (χ4n) is 4.40. The molecule has 0 aliphatic carbocycles. The maximum Gasteiger partial charge on any atom is 0.323 e. The first-order valence-corrected chi connectivity index (χ1v) is 13.2. The van der Waals surface area contributed by atoms with Crippen molar-refractivity contribution in [3.8, 4) is 0 Å². The van der Waals surface area contributed by atoms with E-state index in [0.717, 1.165) is 44.8 Å². The lowest BCUT2D eigenvalue weighted by molar-refractivity contribution is 0.0949. The molecule has 0 aromatic heterocycles. The van der Waals surface area contributed by atoms with Crippen molar-refractivity contribution in [1.29, 1.82) is 0 Å². The van der Waals surface area contributed by atoms with Crippen molar-refractivity contribution in [2.24, 2.45) is 0 Å². The molecule has 200 valence electrons. The number of rotatable bonds is 10. The van der Waals surface area contributed by atoms with Crippen molar-refractivity contribution in [3.05, 3.63) is 88.9 Å². The monoisotopic (exact) mass is 535 g/mol. The fourth-order valence-corrected chi connectivity index (χ4v) is 4.53. The lowest BCUT2D eigenvalue weighted by Gasteiger charge is -2.37. The van der Waals surface area contributed by atoms with Crippen molar-refractivity contribution < 1.29 is 14.3 Å². The van der Waals surface area contributed by atoms with Crippen LogP contribution in [-0.2, 0) is 11.3 Å². The Morgan fingerprint density at radius 2 is 1.58 bits per heavy atom. The first-order chi connectivity index (χ1) is 18.5.